The molecule has 33 heavy (non-hydrogen) atoms. The van der Waals surface area contributed by atoms with Crippen molar-refractivity contribution in [1.29, 1.82) is 0 Å². The van der Waals surface area contributed by atoms with Crippen LogP contribution < -0.4 is 21.5 Å². The largest absolute Gasteiger partial charge is 0.493 e. The van der Waals surface area contributed by atoms with Crippen molar-refractivity contribution in [3.8, 4) is 11.6 Å². The summed E-state index contributed by atoms with van der Waals surface area (Å²) in [6, 6.07) is 16.5. The number of amides is 1. The van der Waals surface area contributed by atoms with Crippen molar-refractivity contribution in [3.63, 3.8) is 0 Å². The van der Waals surface area contributed by atoms with Gasteiger partial charge in [-0.25, -0.2) is 9.67 Å². The number of aromatic nitrogens is 3. The lowest BCUT2D eigenvalue weighted by molar-refractivity contribution is -0.112. The van der Waals surface area contributed by atoms with Crippen LogP contribution >= 0.6 is 23.6 Å². The summed E-state index contributed by atoms with van der Waals surface area (Å²) in [5.74, 6) is -0.544. The molecule has 3 heterocycles. The molecule has 1 aliphatic heterocycles. The predicted octanol–water partition coefficient (Wildman–Crippen LogP) is 2.21. The van der Waals surface area contributed by atoms with E-state index in [2.05, 4.69) is 10.3 Å². The predicted molar refractivity (Wildman–Crippen MR) is 129 cm³/mol. The highest BCUT2D eigenvalue weighted by atomic mass is 32.1. The summed E-state index contributed by atoms with van der Waals surface area (Å²) in [6.45, 7) is 1.91. The average molecular weight is 478 g/mol. The van der Waals surface area contributed by atoms with Gasteiger partial charge in [-0.15, -0.1) is 11.3 Å². The molecule has 2 N–H and O–H groups in total. The molecular formula is C23H19N5O3S2. The molecule has 0 radical (unpaired) electrons. The van der Waals surface area contributed by atoms with Crippen LogP contribution in [0.5, 0.6) is 5.88 Å². The maximum absolute atomic E-state index is 13.1. The number of fused-ring (bicyclic) bond motifs is 1. The summed E-state index contributed by atoms with van der Waals surface area (Å²) >= 11 is 6.60. The van der Waals surface area contributed by atoms with Crippen molar-refractivity contribution in [2.45, 2.75) is 13.6 Å². The fourth-order valence-electron chi connectivity index (χ4n) is 3.91. The van der Waals surface area contributed by atoms with E-state index in [9.17, 15) is 14.7 Å². The summed E-state index contributed by atoms with van der Waals surface area (Å²) in [4.78, 5) is 30.1. The summed E-state index contributed by atoms with van der Waals surface area (Å²) < 4.78 is 5.18. The minimum atomic E-state index is -0.410. The van der Waals surface area contributed by atoms with Crippen molar-refractivity contribution in [1.82, 2.24) is 13.9 Å². The Morgan fingerprint density at radius 1 is 1.09 bits per heavy atom. The zero-order chi connectivity index (χ0) is 23.3. The van der Waals surface area contributed by atoms with E-state index in [0.29, 0.717) is 30.7 Å². The van der Waals surface area contributed by atoms with Crippen LogP contribution in [0.3, 0.4) is 0 Å². The lowest BCUT2D eigenvalue weighted by Gasteiger charge is -2.08. The molecule has 1 amide bonds. The number of carbonyl (C=O) groups is 1. The van der Waals surface area contributed by atoms with Crippen LogP contribution in [0.4, 0.5) is 5.69 Å². The molecule has 0 saturated carbocycles. The Morgan fingerprint density at radius 2 is 1.79 bits per heavy atom. The lowest BCUT2D eigenvalue weighted by atomic mass is 10.1. The summed E-state index contributed by atoms with van der Waals surface area (Å²) in [5, 5.41) is 15.3. The van der Waals surface area contributed by atoms with E-state index in [1.807, 2.05) is 50.4 Å². The molecule has 2 aromatic heterocycles. The van der Waals surface area contributed by atoms with Gasteiger partial charge in [-0.2, -0.15) is 0 Å². The number of para-hydroxylation sites is 2. The second kappa shape index (κ2) is 7.98. The van der Waals surface area contributed by atoms with E-state index in [1.54, 1.807) is 27.6 Å². The van der Waals surface area contributed by atoms with Gasteiger partial charge in [0.05, 0.1) is 29.0 Å². The highest BCUT2D eigenvalue weighted by molar-refractivity contribution is 7.73. The highest BCUT2D eigenvalue weighted by Gasteiger charge is 2.25. The first-order chi connectivity index (χ1) is 15.9. The zero-order valence-corrected chi connectivity index (χ0v) is 19.4. The lowest BCUT2D eigenvalue weighted by Crippen LogP contribution is -2.22. The molecule has 1 aliphatic rings. The number of thiazole rings is 1. The summed E-state index contributed by atoms with van der Waals surface area (Å²) in [5.41, 5.74) is 2.01. The Morgan fingerprint density at radius 3 is 2.55 bits per heavy atom. The topological polar surface area (TPSA) is 93.6 Å². The van der Waals surface area contributed by atoms with Gasteiger partial charge in [-0.05, 0) is 37.3 Å². The minimum Gasteiger partial charge on any atom is -0.493 e. The third kappa shape index (κ3) is 3.35. The molecule has 0 aliphatic carbocycles. The van der Waals surface area contributed by atoms with E-state index < -0.39 is 5.91 Å². The number of aromatic hydroxyl groups is 1. The second-order valence-electron chi connectivity index (χ2n) is 7.53. The first-order valence-corrected chi connectivity index (χ1v) is 11.3. The molecule has 0 fully saturated rings. The molecule has 0 spiro atoms. The van der Waals surface area contributed by atoms with Gasteiger partial charge < -0.3 is 10.4 Å². The van der Waals surface area contributed by atoms with Gasteiger partial charge >= 0.3 is 0 Å². The van der Waals surface area contributed by atoms with Crippen LogP contribution in [0.25, 0.3) is 11.3 Å². The number of hydrogen-bond donors (Lipinski definition) is 2. The number of nitrogens with zero attached hydrogens (tertiary/aromatic N) is 4. The minimum absolute atomic E-state index is 0.0658. The maximum atomic E-state index is 13.1. The van der Waals surface area contributed by atoms with Crippen LogP contribution in [0, 0.1) is 10.9 Å². The molecular weight excluding hydrogens is 458 g/mol. The number of nitrogens with one attached hydrogen (secondary N) is 1. The molecule has 166 valence electrons. The SMILES string of the molecule is Cc1c(NCn2c(O)c(C3=c4ccccc4=NC3=O)sc2=S)c(=O)n(-c2ccccc2)n1C. The normalized spacial score (nSPS) is 12.7. The van der Waals surface area contributed by atoms with E-state index >= 15 is 0 Å². The molecule has 5 rings (SSSR count). The average Bonchev–Trinajstić information content (AvgIpc) is 3.36. The number of hydrogen-bond acceptors (Lipinski definition) is 6. The Balaban J connectivity index is 1.52. The van der Waals surface area contributed by atoms with E-state index in [-0.39, 0.29) is 18.1 Å². The number of benzene rings is 2. The number of rotatable bonds is 5. The molecule has 0 unspecified atom stereocenters. The Kier molecular flexibility index (Phi) is 5.10. The third-order valence-corrected chi connectivity index (χ3v) is 7.13. The molecule has 10 heteroatoms. The first-order valence-electron chi connectivity index (χ1n) is 10.1. The Hall–Kier alpha value is -3.76. The van der Waals surface area contributed by atoms with Crippen molar-refractivity contribution in [3.05, 3.63) is 90.1 Å². The zero-order valence-electron chi connectivity index (χ0n) is 17.8. The van der Waals surface area contributed by atoms with E-state index in [4.69, 9.17) is 12.2 Å². The van der Waals surface area contributed by atoms with Crippen LogP contribution in [0.1, 0.15) is 10.6 Å². The van der Waals surface area contributed by atoms with Crippen LogP contribution in [-0.2, 0) is 18.5 Å². The van der Waals surface area contributed by atoms with Crippen molar-refractivity contribution in [2.24, 2.45) is 12.0 Å². The monoisotopic (exact) mass is 477 g/mol. The molecule has 0 saturated heterocycles. The van der Waals surface area contributed by atoms with Crippen LogP contribution in [-0.4, -0.2) is 24.9 Å². The highest BCUT2D eigenvalue weighted by Crippen LogP contribution is 2.32. The standard InChI is InChI=1S/C23H19N5O3S2/c1-13-18(21(30)28(26(13)2)14-8-4-3-5-9-14)24-12-27-22(31)19(33-23(27)32)17-15-10-6-7-11-16(15)25-20(17)29/h3-11,24,31H,12H2,1-2H3. The summed E-state index contributed by atoms with van der Waals surface area (Å²) in [6.07, 6.45) is 0. The fourth-order valence-corrected chi connectivity index (χ4v) is 5.25. The molecule has 2 aromatic carbocycles. The molecule has 4 aromatic rings. The smallest absolute Gasteiger partial charge is 0.295 e. The first kappa shape index (κ1) is 21.1. The van der Waals surface area contributed by atoms with Gasteiger partial charge in [0.2, 0.25) is 5.88 Å². The maximum Gasteiger partial charge on any atom is 0.295 e. The Labute approximate surface area is 197 Å². The van der Waals surface area contributed by atoms with Gasteiger partial charge in [-0.3, -0.25) is 18.8 Å². The number of anilines is 1. The van der Waals surface area contributed by atoms with Crippen molar-refractivity contribution >= 4 is 40.7 Å². The summed E-state index contributed by atoms with van der Waals surface area (Å²) in [7, 11) is 1.81. The van der Waals surface area contributed by atoms with Gasteiger partial charge in [0, 0.05) is 12.3 Å². The van der Waals surface area contributed by atoms with Crippen molar-refractivity contribution < 1.29 is 9.90 Å². The van der Waals surface area contributed by atoms with E-state index in [1.165, 1.54) is 4.57 Å². The second-order valence-corrected chi connectivity index (χ2v) is 9.17. The van der Waals surface area contributed by atoms with E-state index in [0.717, 1.165) is 22.7 Å². The Bertz CT molecular complexity index is 1660. The quantitative estimate of drug-likeness (QED) is 0.430. The van der Waals surface area contributed by atoms with Crippen LogP contribution in [0.15, 0.2) is 64.4 Å². The van der Waals surface area contributed by atoms with Crippen LogP contribution in [0.2, 0.25) is 0 Å². The van der Waals surface area contributed by atoms with Crippen molar-refractivity contribution in [2.75, 3.05) is 5.32 Å². The third-order valence-electron chi connectivity index (χ3n) is 5.67. The molecule has 8 nitrogen and oxygen atoms in total. The van der Waals surface area contributed by atoms with Gasteiger partial charge in [-0.1, -0.05) is 36.4 Å². The van der Waals surface area contributed by atoms with Gasteiger partial charge in [0.25, 0.3) is 11.5 Å². The molecule has 0 atom stereocenters. The van der Waals surface area contributed by atoms with Gasteiger partial charge in [0.1, 0.15) is 10.6 Å². The molecule has 0 bridgehead atoms. The fraction of sp³-hybridized carbons (Fsp3) is 0.130. The van der Waals surface area contributed by atoms with Gasteiger partial charge in [0.15, 0.2) is 3.95 Å². The number of carbonyl (C=O) groups excluding carboxylic acids is 1.